The van der Waals surface area contributed by atoms with Gasteiger partial charge in [0.15, 0.2) is 0 Å². The Hall–Kier alpha value is -2.89. The lowest BCUT2D eigenvalue weighted by atomic mass is 10.1. The summed E-state index contributed by atoms with van der Waals surface area (Å²) in [4.78, 5) is 23.8. The number of hydrogen-bond donors (Lipinski definition) is 3. The van der Waals surface area contributed by atoms with E-state index in [0.29, 0.717) is 16.9 Å². The van der Waals surface area contributed by atoms with Crippen molar-refractivity contribution in [2.45, 2.75) is 31.8 Å². The van der Waals surface area contributed by atoms with Crippen molar-refractivity contribution in [1.82, 2.24) is 5.32 Å². The summed E-state index contributed by atoms with van der Waals surface area (Å²) in [7, 11) is 0. The Bertz CT molecular complexity index is 772. The summed E-state index contributed by atoms with van der Waals surface area (Å²) in [5, 5.41) is 8.85. The second kappa shape index (κ2) is 7.34. The van der Waals surface area contributed by atoms with Crippen LogP contribution < -0.4 is 16.0 Å². The Morgan fingerprint density at radius 3 is 2.40 bits per heavy atom. The molecule has 0 aromatic heterocycles. The number of nitrogens with one attached hydrogen (secondary N) is 3. The first-order valence-electron chi connectivity index (χ1n) is 8.21. The van der Waals surface area contributed by atoms with Crippen LogP contribution in [0, 0.1) is 5.82 Å². The quantitative estimate of drug-likeness (QED) is 0.755. The molecule has 1 aliphatic rings. The average molecular weight is 341 g/mol. The molecule has 2 aromatic carbocycles. The van der Waals surface area contributed by atoms with Gasteiger partial charge in [0.05, 0.1) is 0 Å². The normalized spacial score (nSPS) is 14.5. The van der Waals surface area contributed by atoms with Crippen LogP contribution in [0.4, 0.5) is 15.8 Å². The maximum absolute atomic E-state index is 13.2. The van der Waals surface area contributed by atoms with Gasteiger partial charge in [-0.05, 0) is 48.7 Å². The molecule has 5 nitrogen and oxygen atoms in total. The zero-order valence-electron chi connectivity index (χ0n) is 13.9. The molecule has 0 radical (unpaired) electrons. The first-order valence-corrected chi connectivity index (χ1v) is 8.21. The molecule has 1 atom stereocenters. The maximum Gasteiger partial charge on any atom is 0.247 e. The van der Waals surface area contributed by atoms with E-state index in [1.807, 2.05) is 6.07 Å². The topological polar surface area (TPSA) is 70.2 Å². The smallest absolute Gasteiger partial charge is 0.247 e. The van der Waals surface area contributed by atoms with E-state index < -0.39 is 6.04 Å². The third kappa shape index (κ3) is 4.79. The molecule has 6 heteroatoms. The second-order valence-electron chi connectivity index (χ2n) is 6.17. The first-order chi connectivity index (χ1) is 12.0. The molecule has 3 rings (SSSR count). The third-order valence-electron chi connectivity index (χ3n) is 3.88. The monoisotopic (exact) mass is 341 g/mol. The summed E-state index contributed by atoms with van der Waals surface area (Å²) in [5.74, 6) is -0.671. The molecule has 0 saturated heterocycles. The van der Waals surface area contributed by atoms with Gasteiger partial charge in [-0.3, -0.25) is 9.59 Å². The van der Waals surface area contributed by atoms with Crippen LogP contribution >= 0.6 is 0 Å². The van der Waals surface area contributed by atoms with E-state index in [1.165, 1.54) is 19.1 Å². The summed E-state index contributed by atoms with van der Waals surface area (Å²) in [6.45, 7) is 1.44. The number of benzene rings is 2. The fourth-order valence-corrected chi connectivity index (χ4v) is 2.52. The van der Waals surface area contributed by atoms with Crippen molar-refractivity contribution in [3.8, 4) is 0 Å². The van der Waals surface area contributed by atoms with Gasteiger partial charge < -0.3 is 16.0 Å². The number of halogens is 1. The number of amides is 2. The van der Waals surface area contributed by atoms with Crippen LogP contribution in [0.25, 0.3) is 0 Å². The average Bonchev–Trinajstić information content (AvgIpc) is 3.37. The molecule has 1 saturated carbocycles. The minimum absolute atomic E-state index is 0.154. The summed E-state index contributed by atoms with van der Waals surface area (Å²) >= 11 is 0. The van der Waals surface area contributed by atoms with Crippen LogP contribution in [-0.4, -0.2) is 17.9 Å². The molecular weight excluding hydrogens is 321 g/mol. The first kappa shape index (κ1) is 17.0. The highest BCUT2D eigenvalue weighted by molar-refractivity contribution is 5.90. The van der Waals surface area contributed by atoms with Gasteiger partial charge in [-0.25, -0.2) is 4.39 Å². The minimum atomic E-state index is -0.645. The van der Waals surface area contributed by atoms with Gasteiger partial charge in [-0.15, -0.1) is 0 Å². The Kier molecular flexibility index (Phi) is 4.97. The number of carbonyl (C=O) groups is 2. The van der Waals surface area contributed by atoms with Crippen LogP contribution in [0.3, 0.4) is 0 Å². The molecule has 25 heavy (non-hydrogen) atoms. The highest BCUT2D eigenvalue weighted by atomic mass is 19.1. The van der Waals surface area contributed by atoms with Gasteiger partial charge in [-0.2, -0.15) is 0 Å². The van der Waals surface area contributed by atoms with Gasteiger partial charge in [0.25, 0.3) is 0 Å². The van der Waals surface area contributed by atoms with E-state index in [0.717, 1.165) is 12.8 Å². The SMILES string of the molecule is CC(=O)Nc1cccc(NC(C(=O)NC2CC2)c2ccc(F)cc2)c1. The molecule has 130 valence electrons. The molecule has 0 spiro atoms. The summed E-state index contributed by atoms with van der Waals surface area (Å²) in [6.07, 6.45) is 1.97. The van der Waals surface area contributed by atoms with Crippen LogP contribution in [0.15, 0.2) is 48.5 Å². The van der Waals surface area contributed by atoms with E-state index in [1.54, 1.807) is 30.3 Å². The molecule has 2 aromatic rings. The van der Waals surface area contributed by atoms with Crippen LogP contribution in [0.2, 0.25) is 0 Å². The molecule has 2 amide bonds. The van der Waals surface area contributed by atoms with Crippen molar-refractivity contribution in [1.29, 1.82) is 0 Å². The Labute approximate surface area is 145 Å². The van der Waals surface area contributed by atoms with E-state index >= 15 is 0 Å². The van der Waals surface area contributed by atoms with Gasteiger partial charge in [-0.1, -0.05) is 18.2 Å². The standard InChI is InChI=1S/C19H20FN3O2/c1-12(24)21-16-3-2-4-17(11-16)22-18(19(25)23-15-9-10-15)13-5-7-14(20)8-6-13/h2-8,11,15,18,22H,9-10H2,1H3,(H,21,24)(H,23,25). The van der Waals surface area contributed by atoms with Crippen LogP contribution in [0.1, 0.15) is 31.4 Å². The van der Waals surface area contributed by atoms with E-state index in [2.05, 4.69) is 16.0 Å². The Morgan fingerprint density at radius 2 is 1.76 bits per heavy atom. The summed E-state index contributed by atoms with van der Waals surface area (Å²) in [6, 6.07) is 12.6. The summed E-state index contributed by atoms with van der Waals surface area (Å²) < 4.78 is 13.2. The highest BCUT2D eigenvalue weighted by Gasteiger charge is 2.28. The van der Waals surface area contributed by atoms with Crippen molar-refractivity contribution in [3.63, 3.8) is 0 Å². The predicted octanol–water partition coefficient (Wildman–Crippen LogP) is 3.22. The van der Waals surface area contributed by atoms with Gasteiger partial charge in [0.2, 0.25) is 11.8 Å². The summed E-state index contributed by atoms with van der Waals surface area (Å²) in [5.41, 5.74) is 1.99. The van der Waals surface area contributed by atoms with Crippen molar-refractivity contribution in [2.24, 2.45) is 0 Å². The van der Waals surface area contributed by atoms with Crippen molar-refractivity contribution < 1.29 is 14.0 Å². The van der Waals surface area contributed by atoms with Gasteiger partial charge in [0, 0.05) is 24.3 Å². The molecule has 0 aliphatic heterocycles. The fraction of sp³-hybridized carbons (Fsp3) is 0.263. The van der Waals surface area contributed by atoms with E-state index in [4.69, 9.17) is 0 Å². The van der Waals surface area contributed by atoms with Gasteiger partial charge in [0.1, 0.15) is 11.9 Å². The zero-order valence-corrected chi connectivity index (χ0v) is 13.9. The largest absolute Gasteiger partial charge is 0.370 e. The number of carbonyl (C=O) groups excluding carboxylic acids is 2. The molecular formula is C19H20FN3O2. The number of rotatable bonds is 6. The Morgan fingerprint density at radius 1 is 1.08 bits per heavy atom. The predicted molar refractivity (Wildman–Crippen MR) is 94.7 cm³/mol. The fourth-order valence-electron chi connectivity index (χ4n) is 2.52. The van der Waals surface area contributed by atoms with Crippen LogP contribution in [0.5, 0.6) is 0 Å². The third-order valence-corrected chi connectivity index (χ3v) is 3.88. The molecule has 3 N–H and O–H groups in total. The molecule has 1 unspecified atom stereocenters. The lowest BCUT2D eigenvalue weighted by molar-refractivity contribution is -0.122. The molecule has 0 heterocycles. The van der Waals surface area contributed by atoms with E-state index in [9.17, 15) is 14.0 Å². The Balaban J connectivity index is 1.82. The number of hydrogen-bond acceptors (Lipinski definition) is 3. The number of anilines is 2. The molecule has 1 aliphatic carbocycles. The van der Waals surface area contributed by atoms with Crippen LogP contribution in [-0.2, 0) is 9.59 Å². The minimum Gasteiger partial charge on any atom is -0.370 e. The maximum atomic E-state index is 13.2. The highest BCUT2D eigenvalue weighted by Crippen LogP contribution is 2.25. The lowest BCUT2D eigenvalue weighted by Gasteiger charge is -2.20. The van der Waals surface area contributed by atoms with Gasteiger partial charge >= 0.3 is 0 Å². The van der Waals surface area contributed by atoms with E-state index in [-0.39, 0.29) is 23.7 Å². The molecule has 1 fully saturated rings. The van der Waals surface area contributed by atoms with Crippen molar-refractivity contribution in [2.75, 3.05) is 10.6 Å². The van der Waals surface area contributed by atoms with Crippen molar-refractivity contribution in [3.05, 3.63) is 59.9 Å². The lowest BCUT2D eigenvalue weighted by Crippen LogP contribution is -2.34. The zero-order chi connectivity index (χ0) is 17.8. The second-order valence-corrected chi connectivity index (χ2v) is 6.17. The van der Waals surface area contributed by atoms with Crippen molar-refractivity contribution >= 4 is 23.2 Å². The molecule has 0 bridgehead atoms.